The Morgan fingerprint density at radius 3 is 2.44 bits per heavy atom. The second kappa shape index (κ2) is 14.9. The van der Waals surface area contributed by atoms with Crippen molar-refractivity contribution in [2.75, 3.05) is 58.4 Å². The predicted octanol–water partition coefficient (Wildman–Crippen LogP) is 3.31. The number of aryl methyl sites for hydroxylation is 2. The summed E-state index contributed by atoms with van der Waals surface area (Å²) in [5.74, 6) is -0.948. The average molecular weight is 695 g/mol. The van der Waals surface area contributed by atoms with Crippen LogP contribution >= 0.6 is 0 Å². The number of aliphatic imine (C=N–C) groups is 1. The van der Waals surface area contributed by atoms with E-state index >= 15 is 0 Å². The predicted molar refractivity (Wildman–Crippen MR) is 171 cm³/mol. The number of hydrogen-bond acceptors (Lipinski definition) is 8. The van der Waals surface area contributed by atoms with Crippen molar-refractivity contribution < 1.29 is 45.8 Å². The summed E-state index contributed by atoms with van der Waals surface area (Å²) in [6.07, 6.45) is -2.38. The van der Waals surface area contributed by atoms with E-state index in [4.69, 9.17) is 9.47 Å². The number of amidine groups is 1. The molecule has 0 aliphatic carbocycles. The minimum absolute atomic E-state index is 0.00303. The highest BCUT2D eigenvalue weighted by atomic mass is 32.2. The summed E-state index contributed by atoms with van der Waals surface area (Å²) in [5, 5.41) is 12.2. The number of ether oxygens (including phenoxy) is 2. The van der Waals surface area contributed by atoms with Crippen LogP contribution in [-0.2, 0) is 32.2 Å². The molecule has 5 aliphatic heterocycles. The SMILES string of the molecule is Cc1cc2ccc1CCS(=O)(=O)N1CCC3(CC1)N=C(NC3=O)c1cc(cc(C(F)(F)F)c1)OCCCCCOCCN(CCO)C2=O. The summed E-state index contributed by atoms with van der Waals surface area (Å²) in [4.78, 5) is 32.4. The Kier molecular flexibility index (Phi) is 11.1. The van der Waals surface area contributed by atoms with Crippen LogP contribution in [0.5, 0.6) is 5.75 Å². The quantitative estimate of drug-likeness (QED) is 0.492. The van der Waals surface area contributed by atoms with E-state index in [0.29, 0.717) is 31.4 Å². The number of carbonyl (C=O) groups is 2. The van der Waals surface area contributed by atoms with Crippen molar-refractivity contribution in [1.29, 1.82) is 0 Å². The number of fused-ring (bicyclic) bond motifs is 2. The molecule has 0 unspecified atom stereocenters. The smallest absolute Gasteiger partial charge is 0.416 e. The lowest BCUT2D eigenvalue weighted by Gasteiger charge is -2.34. The van der Waals surface area contributed by atoms with Crippen LogP contribution in [-0.4, -0.2) is 104 Å². The standard InChI is InChI=1S/C33H41F3N4O7S/c1-23-19-25-6-5-24(23)7-18-48(44,45)40-10-8-32(9-11-40)31(43)37-29(38-32)26-20-27(33(34,35)36)22-28(21-26)47-16-4-2-3-15-46-17-13-39(12-14-41)30(25)42/h5-6,19-22,41H,2-4,7-18H2,1H3,(H,37,38,43). The molecular weight excluding hydrogens is 653 g/mol. The van der Waals surface area contributed by atoms with E-state index in [9.17, 15) is 36.3 Å². The molecule has 1 spiro atoms. The third-order valence-corrected chi connectivity index (χ3v) is 10.9. The van der Waals surface area contributed by atoms with Crippen LogP contribution in [0.1, 0.15) is 64.7 Å². The normalized spacial score (nSPS) is 24.5. The molecule has 48 heavy (non-hydrogen) atoms. The molecule has 5 heterocycles. The van der Waals surface area contributed by atoms with Crippen molar-refractivity contribution in [3.8, 4) is 5.75 Å². The van der Waals surface area contributed by atoms with Gasteiger partial charge in [0.1, 0.15) is 17.1 Å². The van der Waals surface area contributed by atoms with E-state index in [-0.39, 0.29) is 94.1 Å². The molecule has 0 aromatic heterocycles. The first-order chi connectivity index (χ1) is 22.8. The van der Waals surface area contributed by atoms with E-state index in [1.54, 1.807) is 18.2 Å². The van der Waals surface area contributed by atoms with Gasteiger partial charge >= 0.3 is 6.18 Å². The molecule has 2 aromatic rings. The van der Waals surface area contributed by atoms with Gasteiger partial charge in [0, 0.05) is 43.9 Å². The number of carbonyl (C=O) groups excluding carboxylic acids is 2. The van der Waals surface area contributed by atoms with Gasteiger partial charge in [0.25, 0.3) is 11.8 Å². The van der Waals surface area contributed by atoms with Crippen molar-refractivity contribution in [3.63, 3.8) is 0 Å². The minimum Gasteiger partial charge on any atom is -0.494 e. The Hall–Kier alpha value is -3.53. The highest BCUT2D eigenvalue weighted by Crippen LogP contribution is 2.36. The molecule has 5 aliphatic rings. The second-order valence-electron chi connectivity index (χ2n) is 12.3. The molecule has 15 heteroatoms. The third kappa shape index (κ3) is 8.36. The third-order valence-electron chi connectivity index (χ3n) is 9.01. The number of rotatable bonds is 2. The van der Waals surface area contributed by atoms with Gasteiger partial charge in [-0.25, -0.2) is 12.7 Å². The van der Waals surface area contributed by atoms with Crippen LogP contribution in [0.3, 0.4) is 0 Å². The van der Waals surface area contributed by atoms with E-state index in [1.807, 2.05) is 6.92 Å². The number of hydrogen-bond donors (Lipinski definition) is 2. The van der Waals surface area contributed by atoms with Crippen molar-refractivity contribution in [2.45, 2.75) is 57.2 Å². The molecule has 7 rings (SSSR count). The van der Waals surface area contributed by atoms with Crippen LogP contribution < -0.4 is 10.1 Å². The number of nitrogens with zero attached hydrogens (tertiary/aromatic N) is 3. The fraction of sp³-hybridized carbons (Fsp3) is 0.545. The van der Waals surface area contributed by atoms with Crippen molar-refractivity contribution >= 4 is 27.7 Å². The molecule has 262 valence electrons. The second-order valence-corrected chi connectivity index (χ2v) is 14.4. The molecule has 0 atom stereocenters. The summed E-state index contributed by atoms with van der Waals surface area (Å²) in [6.45, 7) is 2.86. The Balaban J connectivity index is 1.38. The number of amides is 2. The Morgan fingerprint density at radius 1 is 0.979 bits per heavy atom. The maximum atomic E-state index is 13.8. The van der Waals surface area contributed by atoms with Gasteiger partial charge in [0.2, 0.25) is 10.0 Å². The van der Waals surface area contributed by atoms with Gasteiger partial charge in [0.15, 0.2) is 0 Å². The summed E-state index contributed by atoms with van der Waals surface area (Å²) in [7, 11) is -3.72. The topological polar surface area (TPSA) is 138 Å². The van der Waals surface area contributed by atoms with Crippen LogP contribution in [0.25, 0.3) is 0 Å². The van der Waals surface area contributed by atoms with E-state index in [0.717, 1.165) is 23.3 Å². The maximum absolute atomic E-state index is 13.8. The zero-order valence-corrected chi connectivity index (χ0v) is 27.7. The molecule has 2 aromatic carbocycles. The summed E-state index contributed by atoms with van der Waals surface area (Å²) >= 11 is 0. The summed E-state index contributed by atoms with van der Waals surface area (Å²) in [6, 6.07) is 8.36. The highest BCUT2D eigenvalue weighted by molar-refractivity contribution is 7.89. The summed E-state index contributed by atoms with van der Waals surface area (Å²) in [5.41, 5.74) is -0.214. The Bertz CT molecular complexity index is 1640. The Labute approximate surface area is 278 Å². The zero-order valence-electron chi connectivity index (χ0n) is 26.9. The summed E-state index contributed by atoms with van der Waals surface area (Å²) < 4.78 is 80.9. The molecule has 2 N–H and O–H groups in total. The lowest BCUT2D eigenvalue weighted by Crippen LogP contribution is -2.50. The molecule has 1 saturated heterocycles. The first kappa shape index (κ1) is 35.8. The maximum Gasteiger partial charge on any atom is 0.416 e. The molecule has 0 radical (unpaired) electrons. The zero-order chi connectivity index (χ0) is 34.5. The monoisotopic (exact) mass is 694 g/mol. The number of halogens is 3. The molecule has 11 nitrogen and oxygen atoms in total. The number of nitrogens with one attached hydrogen (secondary N) is 1. The number of piperidine rings is 1. The molecular formula is C33H41F3N4O7S. The van der Waals surface area contributed by atoms with Crippen molar-refractivity contribution in [2.24, 2.45) is 4.99 Å². The van der Waals surface area contributed by atoms with Gasteiger partial charge in [-0.1, -0.05) is 6.07 Å². The number of benzene rings is 2. The molecule has 2 amide bonds. The fourth-order valence-electron chi connectivity index (χ4n) is 6.15. The van der Waals surface area contributed by atoms with Crippen LogP contribution in [0.4, 0.5) is 13.2 Å². The first-order valence-corrected chi connectivity index (χ1v) is 17.7. The van der Waals surface area contributed by atoms with Crippen LogP contribution in [0.15, 0.2) is 41.4 Å². The van der Waals surface area contributed by atoms with Crippen molar-refractivity contribution in [1.82, 2.24) is 14.5 Å². The average Bonchev–Trinajstić information content (AvgIpc) is 3.36. The van der Waals surface area contributed by atoms with Gasteiger partial charge in [-0.15, -0.1) is 0 Å². The van der Waals surface area contributed by atoms with Gasteiger partial charge < -0.3 is 24.8 Å². The largest absolute Gasteiger partial charge is 0.494 e. The van der Waals surface area contributed by atoms with Gasteiger partial charge in [0.05, 0.1) is 31.1 Å². The van der Waals surface area contributed by atoms with E-state index < -0.39 is 33.2 Å². The van der Waals surface area contributed by atoms with Gasteiger partial charge in [-0.05, 0) is 86.9 Å². The molecule has 1 fully saturated rings. The van der Waals surface area contributed by atoms with Crippen LogP contribution in [0, 0.1) is 6.92 Å². The van der Waals surface area contributed by atoms with Gasteiger partial charge in [-0.3, -0.25) is 14.6 Å². The highest BCUT2D eigenvalue weighted by Gasteiger charge is 2.47. The van der Waals surface area contributed by atoms with Gasteiger partial charge in [-0.2, -0.15) is 13.2 Å². The lowest BCUT2D eigenvalue weighted by atomic mass is 9.89. The first-order valence-electron chi connectivity index (χ1n) is 16.1. The number of sulfonamides is 1. The molecule has 0 saturated carbocycles. The number of alkyl halides is 3. The van der Waals surface area contributed by atoms with Crippen molar-refractivity contribution in [3.05, 3.63) is 64.2 Å². The minimum atomic E-state index is -4.66. The number of aliphatic hydroxyl groups is 1. The Morgan fingerprint density at radius 2 is 1.73 bits per heavy atom. The van der Waals surface area contributed by atoms with E-state index in [2.05, 4.69) is 10.3 Å². The number of aliphatic hydroxyl groups excluding tert-OH is 1. The molecule has 7 bridgehead atoms. The fourth-order valence-corrected chi connectivity index (χ4v) is 7.63. The lowest BCUT2D eigenvalue weighted by molar-refractivity contribution is -0.137. The van der Waals surface area contributed by atoms with E-state index in [1.165, 1.54) is 15.3 Å². The van der Waals surface area contributed by atoms with Crippen LogP contribution in [0.2, 0.25) is 0 Å².